The molecule has 1 aliphatic heterocycles. The number of amides is 1. The highest BCUT2D eigenvalue weighted by molar-refractivity contribution is 8.00. The van der Waals surface area contributed by atoms with Crippen molar-refractivity contribution in [2.24, 2.45) is 5.73 Å². The second-order valence-electron chi connectivity index (χ2n) is 3.58. The third-order valence-corrected chi connectivity index (χ3v) is 3.66. The molecule has 0 spiro atoms. The number of thioether (sulfide) groups is 1. The number of nitrogens with one attached hydrogen (secondary N) is 1. The predicted octanol–water partition coefficient (Wildman–Crippen LogP) is 1.06. The molecule has 1 rings (SSSR count). The first-order valence-electron chi connectivity index (χ1n) is 4.80. The van der Waals surface area contributed by atoms with E-state index in [0.29, 0.717) is 11.4 Å². The smallest absolute Gasteiger partial charge is 0.233 e. The van der Waals surface area contributed by atoms with Gasteiger partial charge in [-0.25, -0.2) is 0 Å². The maximum atomic E-state index is 11.6. The molecule has 14 heavy (non-hydrogen) atoms. The van der Waals surface area contributed by atoms with Gasteiger partial charge in [-0.05, 0) is 25.5 Å². The molecule has 0 aromatic heterocycles. The maximum Gasteiger partial charge on any atom is 0.233 e. The minimum Gasteiger partial charge on any atom is -0.393 e. The van der Waals surface area contributed by atoms with Crippen LogP contribution in [0.5, 0.6) is 0 Å². The molecule has 0 aromatic carbocycles. The monoisotopic (exact) mass is 232 g/mol. The van der Waals surface area contributed by atoms with Gasteiger partial charge in [0.2, 0.25) is 5.91 Å². The van der Waals surface area contributed by atoms with Crippen LogP contribution in [0.1, 0.15) is 26.2 Å². The molecule has 2 unspecified atom stereocenters. The van der Waals surface area contributed by atoms with Gasteiger partial charge >= 0.3 is 0 Å². The van der Waals surface area contributed by atoms with Crippen LogP contribution in [0, 0.1) is 0 Å². The van der Waals surface area contributed by atoms with E-state index in [1.807, 2.05) is 6.92 Å². The van der Waals surface area contributed by atoms with Crippen LogP contribution in [0.15, 0.2) is 0 Å². The van der Waals surface area contributed by atoms with E-state index in [1.54, 1.807) is 11.8 Å². The summed E-state index contributed by atoms with van der Waals surface area (Å²) in [5.74, 6) is 1.23. The minimum absolute atomic E-state index is 0.0567. The zero-order chi connectivity index (χ0) is 10.6. The third-order valence-electron chi connectivity index (χ3n) is 2.12. The van der Waals surface area contributed by atoms with Gasteiger partial charge in [0.05, 0.1) is 10.2 Å². The van der Waals surface area contributed by atoms with Crippen LogP contribution >= 0.6 is 24.0 Å². The average Bonchev–Trinajstić information content (AvgIpc) is 2.53. The summed E-state index contributed by atoms with van der Waals surface area (Å²) in [5.41, 5.74) is 5.40. The van der Waals surface area contributed by atoms with Crippen molar-refractivity contribution in [2.45, 2.75) is 37.5 Å². The van der Waals surface area contributed by atoms with Crippen molar-refractivity contribution in [2.75, 3.05) is 5.75 Å². The van der Waals surface area contributed by atoms with Crippen molar-refractivity contribution in [3.63, 3.8) is 0 Å². The second kappa shape index (κ2) is 5.56. The highest BCUT2D eigenvalue weighted by Gasteiger charge is 2.24. The molecule has 3 nitrogen and oxygen atoms in total. The molecule has 2 atom stereocenters. The summed E-state index contributed by atoms with van der Waals surface area (Å²) in [6.07, 6.45) is 2.72. The molecule has 5 heteroatoms. The zero-order valence-corrected chi connectivity index (χ0v) is 9.92. The lowest BCUT2D eigenvalue weighted by atomic mass is 10.2. The van der Waals surface area contributed by atoms with E-state index < -0.39 is 0 Å². The van der Waals surface area contributed by atoms with Gasteiger partial charge in [-0.2, -0.15) is 0 Å². The van der Waals surface area contributed by atoms with Crippen LogP contribution in [0.4, 0.5) is 0 Å². The Bertz CT molecular complexity index is 227. The summed E-state index contributed by atoms with van der Waals surface area (Å²) in [6.45, 7) is 1.93. The molecule has 0 radical (unpaired) electrons. The Labute approximate surface area is 94.2 Å². The van der Waals surface area contributed by atoms with Crippen LogP contribution < -0.4 is 11.1 Å². The molecule has 0 saturated carbocycles. The van der Waals surface area contributed by atoms with Crippen molar-refractivity contribution >= 4 is 34.9 Å². The number of carbonyl (C=O) groups is 1. The van der Waals surface area contributed by atoms with E-state index >= 15 is 0 Å². The third kappa shape index (κ3) is 3.84. The first-order valence-corrected chi connectivity index (χ1v) is 6.25. The van der Waals surface area contributed by atoms with Gasteiger partial charge in [-0.1, -0.05) is 12.2 Å². The summed E-state index contributed by atoms with van der Waals surface area (Å²) in [5, 5.41) is 3.07. The van der Waals surface area contributed by atoms with Gasteiger partial charge in [0.15, 0.2) is 0 Å². The Hall–Kier alpha value is -0.290. The normalized spacial score (nSPS) is 23.1. The van der Waals surface area contributed by atoms with Gasteiger partial charge in [0.1, 0.15) is 0 Å². The van der Waals surface area contributed by atoms with E-state index in [-0.39, 0.29) is 17.2 Å². The Balaban J connectivity index is 2.28. The SMILES string of the molecule is CC(CC(N)=S)NC(=O)C1CCCS1. The van der Waals surface area contributed by atoms with E-state index in [4.69, 9.17) is 18.0 Å². The standard InChI is InChI=1S/C9H16N2OS2/c1-6(5-8(10)13)11-9(12)7-3-2-4-14-7/h6-7H,2-5H2,1H3,(H2,10,13)(H,11,12). The van der Waals surface area contributed by atoms with Crippen LogP contribution in [0.3, 0.4) is 0 Å². The number of carbonyl (C=O) groups excluding carboxylic acids is 1. The van der Waals surface area contributed by atoms with Crippen LogP contribution in [-0.4, -0.2) is 27.9 Å². The lowest BCUT2D eigenvalue weighted by molar-refractivity contribution is -0.121. The topological polar surface area (TPSA) is 55.1 Å². The summed E-state index contributed by atoms with van der Waals surface area (Å²) < 4.78 is 0. The maximum absolute atomic E-state index is 11.6. The van der Waals surface area contributed by atoms with Gasteiger partial charge in [0, 0.05) is 12.5 Å². The molecular formula is C9H16N2OS2. The summed E-state index contributed by atoms with van der Waals surface area (Å²) in [6, 6.07) is 0.0567. The zero-order valence-electron chi connectivity index (χ0n) is 8.29. The van der Waals surface area contributed by atoms with Gasteiger partial charge < -0.3 is 11.1 Å². The van der Waals surface area contributed by atoms with Gasteiger partial charge in [0.25, 0.3) is 0 Å². The predicted molar refractivity (Wildman–Crippen MR) is 64.5 cm³/mol. The highest BCUT2D eigenvalue weighted by Crippen LogP contribution is 2.26. The van der Waals surface area contributed by atoms with Crippen LogP contribution in [0.25, 0.3) is 0 Å². The first kappa shape index (κ1) is 11.8. The molecule has 1 fully saturated rings. The molecule has 1 heterocycles. The number of nitrogens with two attached hydrogens (primary N) is 1. The first-order chi connectivity index (χ1) is 6.59. The lowest BCUT2D eigenvalue weighted by Gasteiger charge is -2.15. The molecule has 1 amide bonds. The fourth-order valence-corrected chi connectivity index (χ4v) is 2.89. The van der Waals surface area contributed by atoms with Crippen molar-refractivity contribution < 1.29 is 4.79 Å². The van der Waals surface area contributed by atoms with Crippen LogP contribution in [0.2, 0.25) is 0 Å². The molecule has 0 aliphatic carbocycles. The van der Waals surface area contributed by atoms with Crippen molar-refractivity contribution in [1.82, 2.24) is 5.32 Å². The second-order valence-corrected chi connectivity index (χ2v) is 5.42. The van der Waals surface area contributed by atoms with Gasteiger partial charge in [-0.15, -0.1) is 11.8 Å². The fraction of sp³-hybridized carbons (Fsp3) is 0.778. The Kier molecular flexibility index (Phi) is 4.68. The number of hydrogen-bond acceptors (Lipinski definition) is 3. The van der Waals surface area contributed by atoms with E-state index in [1.165, 1.54) is 0 Å². The van der Waals surface area contributed by atoms with E-state index in [2.05, 4.69) is 5.32 Å². The number of rotatable bonds is 4. The molecule has 80 valence electrons. The van der Waals surface area contributed by atoms with Gasteiger partial charge in [-0.3, -0.25) is 4.79 Å². The number of thiocarbonyl (C=S) groups is 1. The summed E-state index contributed by atoms with van der Waals surface area (Å²) >= 11 is 6.52. The quantitative estimate of drug-likeness (QED) is 0.712. The summed E-state index contributed by atoms with van der Waals surface area (Å²) in [7, 11) is 0. The van der Waals surface area contributed by atoms with E-state index in [9.17, 15) is 4.79 Å². The van der Waals surface area contributed by atoms with Crippen molar-refractivity contribution in [3.8, 4) is 0 Å². The minimum atomic E-state index is 0.0567. The van der Waals surface area contributed by atoms with Crippen molar-refractivity contribution in [1.29, 1.82) is 0 Å². The van der Waals surface area contributed by atoms with E-state index in [0.717, 1.165) is 18.6 Å². The molecular weight excluding hydrogens is 216 g/mol. The fourth-order valence-electron chi connectivity index (χ4n) is 1.47. The Morgan fingerprint density at radius 3 is 3.00 bits per heavy atom. The molecule has 1 saturated heterocycles. The van der Waals surface area contributed by atoms with Crippen molar-refractivity contribution in [3.05, 3.63) is 0 Å². The molecule has 0 aromatic rings. The molecule has 3 N–H and O–H groups in total. The largest absolute Gasteiger partial charge is 0.393 e. The lowest BCUT2D eigenvalue weighted by Crippen LogP contribution is -2.39. The number of hydrogen-bond donors (Lipinski definition) is 2. The summed E-state index contributed by atoms with van der Waals surface area (Å²) in [4.78, 5) is 12.1. The molecule has 1 aliphatic rings. The molecule has 0 bridgehead atoms. The van der Waals surface area contributed by atoms with Crippen LogP contribution in [-0.2, 0) is 4.79 Å². The Morgan fingerprint density at radius 1 is 1.79 bits per heavy atom. The Morgan fingerprint density at radius 2 is 2.50 bits per heavy atom. The average molecular weight is 232 g/mol. The highest BCUT2D eigenvalue weighted by atomic mass is 32.2.